The molecule has 6 heteroatoms. The monoisotopic (exact) mass is 489 g/mol. The number of hydrogen-bond donors (Lipinski definition) is 1. The van der Waals surface area contributed by atoms with E-state index in [1.807, 2.05) is 36.4 Å². The number of hydrogen-bond acceptors (Lipinski definition) is 5. The fourth-order valence-electron chi connectivity index (χ4n) is 4.75. The summed E-state index contributed by atoms with van der Waals surface area (Å²) >= 11 is 6.08. The molecule has 5 rings (SSSR count). The standard InChI is InChI=1S/C29H28ClNO4/c30-22-9-5-21(6-10-22)28-27(25-14-11-23(32)19-26(25)35-29(28)33)20-7-12-24(13-8-20)34-18-4-17-31-15-2-1-3-16-31/h5-14,19,32H,1-4,15-18H2. The van der Waals surface area contributed by atoms with Crippen molar-refractivity contribution in [1.82, 2.24) is 4.90 Å². The van der Waals surface area contributed by atoms with E-state index in [0.29, 0.717) is 28.3 Å². The third kappa shape index (κ3) is 5.37. The lowest BCUT2D eigenvalue weighted by atomic mass is 9.93. The molecule has 0 aliphatic carbocycles. The summed E-state index contributed by atoms with van der Waals surface area (Å²) in [6.45, 7) is 4.13. The van der Waals surface area contributed by atoms with Crippen LogP contribution in [0.25, 0.3) is 33.2 Å². The van der Waals surface area contributed by atoms with Gasteiger partial charge >= 0.3 is 5.63 Å². The van der Waals surface area contributed by atoms with Crippen LogP contribution >= 0.6 is 11.6 Å². The number of phenolic OH excluding ortho intramolecular Hbond substituents is 1. The van der Waals surface area contributed by atoms with Crippen LogP contribution in [0.2, 0.25) is 5.02 Å². The van der Waals surface area contributed by atoms with Gasteiger partial charge < -0.3 is 19.2 Å². The molecule has 0 atom stereocenters. The Morgan fingerprint density at radius 2 is 1.57 bits per heavy atom. The molecule has 1 aliphatic heterocycles. The minimum absolute atomic E-state index is 0.0409. The number of likely N-dealkylation sites (tertiary alicyclic amines) is 1. The predicted molar refractivity (Wildman–Crippen MR) is 140 cm³/mol. The smallest absolute Gasteiger partial charge is 0.344 e. The maximum Gasteiger partial charge on any atom is 0.344 e. The first-order valence-electron chi connectivity index (χ1n) is 12.1. The molecule has 5 nitrogen and oxygen atoms in total. The maximum absolute atomic E-state index is 13.1. The fourth-order valence-corrected chi connectivity index (χ4v) is 4.87. The van der Waals surface area contributed by atoms with Crippen molar-refractivity contribution in [1.29, 1.82) is 0 Å². The molecule has 0 bridgehead atoms. The first-order valence-corrected chi connectivity index (χ1v) is 12.5. The molecule has 1 fully saturated rings. The van der Waals surface area contributed by atoms with Gasteiger partial charge in [0, 0.05) is 28.6 Å². The van der Waals surface area contributed by atoms with Gasteiger partial charge in [-0.1, -0.05) is 42.3 Å². The Labute approximate surface area is 209 Å². The van der Waals surface area contributed by atoms with Crippen molar-refractivity contribution < 1.29 is 14.3 Å². The van der Waals surface area contributed by atoms with Crippen LogP contribution in [0.15, 0.2) is 75.9 Å². The van der Waals surface area contributed by atoms with Crippen molar-refractivity contribution in [3.8, 4) is 33.8 Å². The largest absolute Gasteiger partial charge is 0.508 e. The highest BCUT2D eigenvalue weighted by Gasteiger charge is 2.19. The number of benzene rings is 3. The van der Waals surface area contributed by atoms with E-state index in [4.69, 9.17) is 20.8 Å². The summed E-state index contributed by atoms with van der Waals surface area (Å²) < 4.78 is 11.6. The minimum atomic E-state index is -0.474. The van der Waals surface area contributed by atoms with Crippen molar-refractivity contribution >= 4 is 22.6 Å². The Balaban J connectivity index is 1.43. The normalized spacial score (nSPS) is 14.3. The van der Waals surface area contributed by atoms with E-state index in [9.17, 15) is 9.90 Å². The molecule has 1 saturated heterocycles. The second kappa shape index (κ2) is 10.5. The van der Waals surface area contributed by atoms with Crippen LogP contribution in [0.4, 0.5) is 0 Å². The van der Waals surface area contributed by atoms with E-state index in [1.54, 1.807) is 24.3 Å². The Morgan fingerprint density at radius 3 is 2.31 bits per heavy atom. The zero-order valence-electron chi connectivity index (χ0n) is 19.5. The van der Waals surface area contributed by atoms with Gasteiger partial charge in [0.15, 0.2) is 0 Å². The van der Waals surface area contributed by atoms with Crippen molar-refractivity contribution in [2.24, 2.45) is 0 Å². The molecule has 2 heterocycles. The van der Waals surface area contributed by atoms with Crippen LogP contribution in [-0.4, -0.2) is 36.2 Å². The molecular weight excluding hydrogens is 462 g/mol. The highest BCUT2D eigenvalue weighted by molar-refractivity contribution is 6.30. The highest BCUT2D eigenvalue weighted by atomic mass is 35.5. The van der Waals surface area contributed by atoms with Gasteiger partial charge in [-0.25, -0.2) is 4.79 Å². The molecule has 3 aromatic carbocycles. The number of fused-ring (bicyclic) bond motifs is 1. The van der Waals surface area contributed by atoms with Crippen LogP contribution < -0.4 is 10.4 Å². The first kappa shape index (κ1) is 23.5. The number of nitrogens with zero attached hydrogens (tertiary/aromatic N) is 1. The van der Waals surface area contributed by atoms with Gasteiger partial charge in [0.25, 0.3) is 0 Å². The van der Waals surface area contributed by atoms with Gasteiger partial charge in [-0.05, 0) is 79.9 Å². The highest BCUT2D eigenvalue weighted by Crippen LogP contribution is 2.37. The summed E-state index contributed by atoms with van der Waals surface area (Å²) in [5.41, 5.74) is 2.63. The number of aromatic hydroxyl groups is 1. The van der Waals surface area contributed by atoms with Crippen molar-refractivity contribution in [3.05, 3.63) is 82.2 Å². The number of halogens is 1. The zero-order valence-corrected chi connectivity index (χ0v) is 20.3. The lowest BCUT2D eigenvalue weighted by Crippen LogP contribution is -2.31. The van der Waals surface area contributed by atoms with E-state index >= 15 is 0 Å². The zero-order chi connectivity index (χ0) is 24.2. The van der Waals surface area contributed by atoms with Crippen molar-refractivity contribution in [2.45, 2.75) is 25.7 Å². The molecular formula is C29H28ClNO4. The molecule has 1 aliphatic rings. The second-order valence-electron chi connectivity index (χ2n) is 8.96. The molecule has 0 amide bonds. The van der Waals surface area contributed by atoms with Crippen LogP contribution in [0.3, 0.4) is 0 Å². The van der Waals surface area contributed by atoms with Gasteiger partial charge in [0.05, 0.1) is 12.2 Å². The summed E-state index contributed by atoms with van der Waals surface area (Å²) in [5.74, 6) is 0.837. The van der Waals surface area contributed by atoms with E-state index in [1.165, 1.54) is 38.4 Å². The van der Waals surface area contributed by atoms with Gasteiger partial charge in [-0.2, -0.15) is 0 Å². The Morgan fingerprint density at radius 1 is 0.886 bits per heavy atom. The third-order valence-corrected chi connectivity index (χ3v) is 6.76. The molecule has 180 valence electrons. The summed E-state index contributed by atoms with van der Waals surface area (Å²) in [7, 11) is 0. The van der Waals surface area contributed by atoms with E-state index in [2.05, 4.69) is 4.90 Å². The number of ether oxygens (including phenoxy) is 1. The molecule has 0 radical (unpaired) electrons. The van der Waals surface area contributed by atoms with Crippen LogP contribution in [0, 0.1) is 0 Å². The second-order valence-corrected chi connectivity index (χ2v) is 9.39. The SMILES string of the molecule is O=c1oc2cc(O)ccc2c(-c2ccc(OCCCN3CCCCC3)cc2)c1-c1ccc(Cl)cc1. The fraction of sp³-hybridized carbons (Fsp3) is 0.276. The molecule has 0 spiro atoms. The Kier molecular flexibility index (Phi) is 7.07. The van der Waals surface area contributed by atoms with Crippen LogP contribution in [0.1, 0.15) is 25.7 Å². The first-order chi connectivity index (χ1) is 17.1. The van der Waals surface area contributed by atoms with Gasteiger partial charge in [0.1, 0.15) is 17.1 Å². The summed E-state index contributed by atoms with van der Waals surface area (Å²) in [5, 5.41) is 11.3. The lowest BCUT2D eigenvalue weighted by Gasteiger charge is -2.26. The quantitative estimate of drug-likeness (QED) is 0.230. The third-order valence-electron chi connectivity index (χ3n) is 6.50. The average molecular weight is 490 g/mol. The van der Waals surface area contributed by atoms with E-state index < -0.39 is 5.63 Å². The van der Waals surface area contributed by atoms with Crippen molar-refractivity contribution in [3.63, 3.8) is 0 Å². The number of phenols is 1. The van der Waals surface area contributed by atoms with Gasteiger partial charge in [-0.15, -0.1) is 0 Å². The Bertz CT molecular complexity index is 1360. The maximum atomic E-state index is 13.1. The van der Waals surface area contributed by atoms with Gasteiger partial charge in [-0.3, -0.25) is 0 Å². The summed E-state index contributed by atoms with van der Waals surface area (Å²) in [6, 6.07) is 19.7. The molecule has 0 unspecified atom stereocenters. The average Bonchev–Trinajstić information content (AvgIpc) is 2.87. The Hall–Kier alpha value is -3.28. The molecule has 1 aromatic heterocycles. The van der Waals surface area contributed by atoms with E-state index in [-0.39, 0.29) is 5.75 Å². The molecule has 4 aromatic rings. The summed E-state index contributed by atoms with van der Waals surface area (Å²) in [6.07, 6.45) is 4.94. The van der Waals surface area contributed by atoms with Crippen LogP contribution in [0.5, 0.6) is 11.5 Å². The molecule has 1 N–H and O–H groups in total. The van der Waals surface area contributed by atoms with Crippen molar-refractivity contribution in [2.75, 3.05) is 26.2 Å². The molecule has 35 heavy (non-hydrogen) atoms. The predicted octanol–water partition coefficient (Wildman–Crippen LogP) is 6.74. The summed E-state index contributed by atoms with van der Waals surface area (Å²) in [4.78, 5) is 15.6. The van der Waals surface area contributed by atoms with Gasteiger partial charge in [0.2, 0.25) is 0 Å². The number of rotatable bonds is 7. The minimum Gasteiger partial charge on any atom is -0.508 e. The topological polar surface area (TPSA) is 62.9 Å². The van der Waals surface area contributed by atoms with E-state index in [0.717, 1.165) is 35.2 Å². The molecule has 0 saturated carbocycles. The lowest BCUT2D eigenvalue weighted by molar-refractivity contribution is 0.205. The van der Waals surface area contributed by atoms with Crippen LogP contribution in [-0.2, 0) is 0 Å². The number of piperidine rings is 1.